The fourth-order valence-corrected chi connectivity index (χ4v) is 5.17. The molecule has 0 radical (unpaired) electrons. The van der Waals surface area contributed by atoms with Crippen molar-refractivity contribution >= 4 is 44.9 Å². The summed E-state index contributed by atoms with van der Waals surface area (Å²) >= 11 is 6.29. The smallest absolute Gasteiger partial charge is 0.279 e. The van der Waals surface area contributed by atoms with Crippen LogP contribution in [-0.4, -0.2) is 20.2 Å². The first-order chi connectivity index (χ1) is 15.8. The lowest BCUT2D eigenvalue weighted by molar-refractivity contribution is -0.664. The summed E-state index contributed by atoms with van der Waals surface area (Å²) in [4.78, 5) is 27.7. The van der Waals surface area contributed by atoms with Gasteiger partial charge in [0, 0.05) is 6.07 Å². The number of halogens is 1. The number of aromatic nitrogens is 1. The highest BCUT2D eigenvalue weighted by Gasteiger charge is 2.48. The molecule has 1 aliphatic rings. The molecular weight excluding hydrogens is 474 g/mol. The highest BCUT2D eigenvalue weighted by atomic mass is 35.5. The summed E-state index contributed by atoms with van der Waals surface area (Å²) in [7, 11) is -2.29. The predicted octanol–water partition coefficient (Wildman–Crippen LogP) is 4.37. The molecule has 4 rings (SSSR count). The number of nitrogens with zero attached hydrogens (tertiary/aromatic N) is 2. The molecule has 34 heavy (non-hydrogen) atoms. The van der Waals surface area contributed by atoms with Crippen LogP contribution in [0.5, 0.6) is 0 Å². The van der Waals surface area contributed by atoms with E-state index >= 15 is 0 Å². The second-order valence-electron chi connectivity index (χ2n) is 9.25. The van der Waals surface area contributed by atoms with Crippen molar-refractivity contribution in [3.8, 4) is 0 Å². The quantitative estimate of drug-likeness (QED) is 0.427. The number of nitrogens with one attached hydrogen (secondary N) is 1. The van der Waals surface area contributed by atoms with Gasteiger partial charge in [-0.3, -0.25) is 4.72 Å². The molecule has 0 fully saturated rings. The lowest BCUT2D eigenvalue weighted by atomic mass is 9.87. The SMILES string of the molecule is Cc1cccc(N2C(=O)c3c(Cl)ccc(NS(=O)(=O)c4ccc(C(C)(C)C)cc4)c3C2=O)[n+]1C. The average Bonchev–Trinajstić information content (AvgIpc) is 3.03. The fraction of sp³-hybridized carbons (Fsp3) is 0.240. The van der Waals surface area contributed by atoms with E-state index in [1.54, 1.807) is 35.9 Å². The molecule has 9 heteroatoms. The normalized spacial score (nSPS) is 13.9. The number of benzene rings is 2. The summed E-state index contributed by atoms with van der Waals surface area (Å²) in [5, 5.41) is 0.0728. The number of amides is 2. The van der Waals surface area contributed by atoms with Gasteiger partial charge in [-0.1, -0.05) is 50.6 Å². The van der Waals surface area contributed by atoms with Gasteiger partial charge in [-0.05, 0) is 48.2 Å². The summed E-state index contributed by atoms with van der Waals surface area (Å²) in [6, 6.07) is 14.6. The van der Waals surface area contributed by atoms with Crippen LogP contribution in [0.1, 0.15) is 52.7 Å². The van der Waals surface area contributed by atoms with E-state index < -0.39 is 21.8 Å². The minimum atomic E-state index is -4.03. The number of fused-ring (bicyclic) bond motifs is 1. The highest BCUT2D eigenvalue weighted by molar-refractivity contribution is 7.92. The van der Waals surface area contributed by atoms with E-state index in [2.05, 4.69) is 4.72 Å². The number of pyridine rings is 1. The van der Waals surface area contributed by atoms with Crippen molar-refractivity contribution in [2.75, 3.05) is 9.62 Å². The van der Waals surface area contributed by atoms with Crippen molar-refractivity contribution < 1.29 is 22.6 Å². The minimum absolute atomic E-state index is 0.00421. The number of rotatable bonds is 4. The third-order valence-electron chi connectivity index (χ3n) is 5.95. The van der Waals surface area contributed by atoms with Crippen LogP contribution in [-0.2, 0) is 22.5 Å². The van der Waals surface area contributed by atoms with Gasteiger partial charge in [-0.15, -0.1) is 4.90 Å². The van der Waals surface area contributed by atoms with Gasteiger partial charge in [0.1, 0.15) is 16.8 Å². The number of anilines is 2. The van der Waals surface area contributed by atoms with Gasteiger partial charge in [0.25, 0.3) is 15.8 Å². The summed E-state index contributed by atoms with van der Waals surface area (Å²) in [5.74, 6) is -0.903. The van der Waals surface area contributed by atoms with Crippen LogP contribution in [0, 0.1) is 6.92 Å². The monoisotopic (exact) mass is 498 g/mol. The Bertz CT molecular complexity index is 1440. The topological polar surface area (TPSA) is 87.4 Å². The molecule has 176 valence electrons. The zero-order valence-electron chi connectivity index (χ0n) is 19.5. The first kappa shape index (κ1) is 23.9. The fourth-order valence-electron chi connectivity index (χ4n) is 3.86. The Morgan fingerprint density at radius 2 is 1.53 bits per heavy atom. The Labute approximate surface area is 204 Å². The van der Waals surface area contributed by atoms with E-state index in [0.717, 1.165) is 16.2 Å². The average molecular weight is 499 g/mol. The number of hydrogen-bond acceptors (Lipinski definition) is 4. The first-order valence-electron chi connectivity index (χ1n) is 10.6. The minimum Gasteiger partial charge on any atom is -0.279 e. The van der Waals surface area contributed by atoms with Gasteiger partial charge in [0.2, 0.25) is 0 Å². The van der Waals surface area contributed by atoms with E-state index in [-0.39, 0.29) is 32.1 Å². The van der Waals surface area contributed by atoms with Crippen molar-refractivity contribution in [1.82, 2.24) is 0 Å². The predicted molar refractivity (Wildman–Crippen MR) is 131 cm³/mol. The Balaban J connectivity index is 1.76. The van der Waals surface area contributed by atoms with E-state index in [9.17, 15) is 18.0 Å². The standard InChI is InChI=1S/C25H24ClN3O4S/c1-15-7-6-8-20(28(15)5)29-23(30)21-18(26)13-14-19(22(21)24(29)31)27-34(32,33)17-11-9-16(10-12-17)25(2,3)4/h6-14H,1-5H3/p+1. The van der Waals surface area contributed by atoms with Crippen LogP contribution in [0.4, 0.5) is 11.5 Å². The molecule has 0 aliphatic carbocycles. The number of carbonyl (C=O) groups is 2. The second-order valence-corrected chi connectivity index (χ2v) is 11.3. The summed E-state index contributed by atoms with van der Waals surface area (Å²) < 4.78 is 30.4. The van der Waals surface area contributed by atoms with E-state index in [1.165, 1.54) is 24.3 Å². The maximum absolute atomic E-state index is 13.4. The summed E-state index contributed by atoms with van der Waals surface area (Å²) in [6.07, 6.45) is 0. The molecule has 0 saturated carbocycles. The zero-order chi connectivity index (χ0) is 25.0. The molecule has 7 nitrogen and oxygen atoms in total. The molecule has 0 atom stereocenters. The largest absolute Gasteiger partial charge is 0.352 e. The van der Waals surface area contributed by atoms with Crippen LogP contribution in [0.25, 0.3) is 0 Å². The molecule has 1 N–H and O–H groups in total. The lowest BCUT2D eigenvalue weighted by Crippen LogP contribution is -2.44. The van der Waals surface area contributed by atoms with Crippen LogP contribution in [0.15, 0.2) is 59.5 Å². The number of imide groups is 1. The molecular formula is C25H25ClN3O4S+. The van der Waals surface area contributed by atoms with Crippen molar-refractivity contribution in [2.24, 2.45) is 7.05 Å². The molecule has 1 aliphatic heterocycles. The number of hydrogen-bond donors (Lipinski definition) is 1. The van der Waals surface area contributed by atoms with Crippen molar-refractivity contribution in [3.05, 3.63) is 82.0 Å². The van der Waals surface area contributed by atoms with Gasteiger partial charge < -0.3 is 0 Å². The van der Waals surface area contributed by atoms with Gasteiger partial charge in [-0.2, -0.15) is 0 Å². The molecule has 0 bridgehead atoms. The van der Waals surface area contributed by atoms with Gasteiger partial charge in [0.05, 0.1) is 22.7 Å². The highest BCUT2D eigenvalue weighted by Crippen LogP contribution is 2.37. The molecule has 0 saturated heterocycles. The van der Waals surface area contributed by atoms with Crippen molar-refractivity contribution in [2.45, 2.75) is 38.0 Å². The lowest BCUT2D eigenvalue weighted by Gasteiger charge is -2.19. The maximum Gasteiger partial charge on any atom is 0.352 e. The van der Waals surface area contributed by atoms with Crippen LogP contribution < -0.4 is 14.2 Å². The van der Waals surface area contributed by atoms with Crippen LogP contribution >= 0.6 is 11.6 Å². The summed E-state index contributed by atoms with van der Waals surface area (Å²) in [5.41, 5.74) is 1.58. The van der Waals surface area contributed by atoms with Crippen LogP contribution in [0.2, 0.25) is 5.02 Å². The number of sulfonamides is 1. The molecule has 2 aromatic carbocycles. The number of aryl methyl sites for hydroxylation is 1. The van der Waals surface area contributed by atoms with Crippen molar-refractivity contribution in [3.63, 3.8) is 0 Å². The number of carbonyl (C=O) groups excluding carboxylic acids is 2. The van der Waals surface area contributed by atoms with E-state index in [0.29, 0.717) is 5.82 Å². The Kier molecular flexibility index (Phi) is 5.78. The Morgan fingerprint density at radius 1 is 0.912 bits per heavy atom. The maximum atomic E-state index is 13.4. The summed E-state index contributed by atoms with van der Waals surface area (Å²) in [6.45, 7) is 7.95. The van der Waals surface area contributed by atoms with E-state index in [4.69, 9.17) is 11.6 Å². The zero-order valence-corrected chi connectivity index (χ0v) is 21.1. The van der Waals surface area contributed by atoms with Gasteiger partial charge in [0.15, 0.2) is 0 Å². The molecule has 0 spiro atoms. The van der Waals surface area contributed by atoms with Gasteiger partial charge >= 0.3 is 11.8 Å². The van der Waals surface area contributed by atoms with Crippen molar-refractivity contribution in [1.29, 1.82) is 0 Å². The molecule has 2 heterocycles. The third kappa shape index (κ3) is 3.97. The molecule has 1 aromatic heterocycles. The molecule has 3 aromatic rings. The third-order valence-corrected chi connectivity index (χ3v) is 7.64. The first-order valence-corrected chi connectivity index (χ1v) is 12.5. The Morgan fingerprint density at radius 3 is 2.15 bits per heavy atom. The molecule has 2 amide bonds. The van der Waals surface area contributed by atoms with Gasteiger partial charge in [-0.25, -0.2) is 22.6 Å². The Hall–Kier alpha value is -3.23. The van der Waals surface area contributed by atoms with Crippen LogP contribution in [0.3, 0.4) is 0 Å². The molecule has 0 unspecified atom stereocenters. The second kappa shape index (κ2) is 8.21. The van der Waals surface area contributed by atoms with E-state index in [1.807, 2.05) is 33.8 Å².